The van der Waals surface area contributed by atoms with Crippen molar-refractivity contribution in [3.05, 3.63) is 95.4 Å². The molecule has 2 aromatic heterocycles. The minimum atomic E-state index is -0.0213. The molecule has 0 atom stereocenters. The van der Waals surface area contributed by atoms with E-state index < -0.39 is 0 Å². The number of aromatic nitrogens is 4. The van der Waals surface area contributed by atoms with Gasteiger partial charge in [0, 0.05) is 30.7 Å². The first kappa shape index (κ1) is 15.2. The minimum Gasteiger partial charge on any atom is -0.299 e. The lowest BCUT2D eigenvalue weighted by Crippen LogP contribution is -2.23. The van der Waals surface area contributed by atoms with Gasteiger partial charge in [-0.25, -0.2) is 4.79 Å². The SMILES string of the molecule is O=c1n(CCc2ccccc2)ccn1-c1ccc(-c2cn[nH]c2)cc1. The van der Waals surface area contributed by atoms with Crippen molar-refractivity contribution in [1.82, 2.24) is 19.3 Å². The Labute approximate surface area is 145 Å². The molecule has 0 saturated carbocycles. The lowest BCUT2D eigenvalue weighted by Gasteiger charge is -2.04. The lowest BCUT2D eigenvalue weighted by molar-refractivity contribution is 0.661. The molecular weight excluding hydrogens is 312 g/mol. The maximum absolute atomic E-state index is 12.6. The molecule has 0 radical (unpaired) electrons. The van der Waals surface area contributed by atoms with Gasteiger partial charge < -0.3 is 0 Å². The van der Waals surface area contributed by atoms with Crippen molar-refractivity contribution < 1.29 is 0 Å². The van der Waals surface area contributed by atoms with E-state index in [1.54, 1.807) is 15.3 Å². The van der Waals surface area contributed by atoms with Gasteiger partial charge >= 0.3 is 5.69 Å². The number of hydrogen-bond acceptors (Lipinski definition) is 2. The monoisotopic (exact) mass is 330 g/mol. The number of nitrogens with zero attached hydrogens (tertiary/aromatic N) is 3. The number of benzene rings is 2. The lowest BCUT2D eigenvalue weighted by atomic mass is 10.1. The fraction of sp³-hybridized carbons (Fsp3) is 0.100. The van der Waals surface area contributed by atoms with Crippen LogP contribution in [0.2, 0.25) is 0 Å². The third-order valence-corrected chi connectivity index (χ3v) is 4.31. The summed E-state index contributed by atoms with van der Waals surface area (Å²) in [6.07, 6.45) is 8.13. The maximum Gasteiger partial charge on any atom is 0.332 e. The number of nitrogens with one attached hydrogen (secondary N) is 1. The Kier molecular flexibility index (Phi) is 4.04. The molecule has 0 bridgehead atoms. The van der Waals surface area contributed by atoms with E-state index in [0.717, 1.165) is 23.2 Å². The van der Waals surface area contributed by atoms with Gasteiger partial charge in [0.15, 0.2) is 0 Å². The van der Waals surface area contributed by atoms with Gasteiger partial charge in [-0.3, -0.25) is 14.2 Å². The number of aryl methyl sites for hydroxylation is 2. The van der Waals surface area contributed by atoms with Crippen LogP contribution in [-0.4, -0.2) is 19.3 Å². The predicted octanol–water partition coefficient (Wildman–Crippen LogP) is 3.27. The van der Waals surface area contributed by atoms with Gasteiger partial charge in [-0.1, -0.05) is 42.5 Å². The van der Waals surface area contributed by atoms with E-state index in [4.69, 9.17) is 0 Å². The topological polar surface area (TPSA) is 55.6 Å². The highest BCUT2D eigenvalue weighted by Gasteiger charge is 2.06. The van der Waals surface area contributed by atoms with Crippen molar-refractivity contribution in [1.29, 1.82) is 0 Å². The smallest absolute Gasteiger partial charge is 0.299 e. The predicted molar refractivity (Wildman–Crippen MR) is 97.8 cm³/mol. The van der Waals surface area contributed by atoms with Crippen LogP contribution in [0, 0.1) is 0 Å². The summed E-state index contributed by atoms with van der Waals surface area (Å²) in [5.41, 5.74) is 4.16. The summed E-state index contributed by atoms with van der Waals surface area (Å²) in [6.45, 7) is 0.670. The zero-order valence-electron chi connectivity index (χ0n) is 13.7. The molecule has 0 spiro atoms. The Morgan fingerprint density at radius 1 is 0.920 bits per heavy atom. The van der Waals surface area contributed by atoms with Crippen LogP contribution >= 0.6 is 0 Å². The summed E-state index contributed by atoms with van der Waals surface area (Å²) in [4.78, 5) is 12.6. The van der Waals surface area contributed by atoms with Crippen LogP contribution in [0.3, 0.4) is 0 Å². The summed E-state index contributed by atoms with van der Waals surface area (Å²) in [7, 11) is 0. The molecule has 0 saturated heterocycles. The summed E-state index contributed by atoms with van der Waals surface area (Å²) in [5, 5.41) is 6.76. The fourth-order valence-corrected chi connectivity index (χ4v) is 2.90. The van der Waals surface area contributed by atoms with Gasteiger partial charge in [0.2, 0.25) is 0 Å². The average molecular weight is 330 g/mol. The van der Waals surface area contributed by atoms with Gasteiger partial charge in [-0.2, -0.15) is 5.10 Å². The summed E-state index contributed by atoms with van der Waals surface area (Å²) >= 11 is 0. The van der Waals surface area contributed by atoms with Crippen LogP contribution < -0.4 is 5.69 Å². The van der Waals surface area contributed by atoms with E-state index in [0.29, 0.717) is 6.54 Å². The fourth-order valence-electron chi connectivity index (χ4n) is 2.90. The molecule has 5 nitrogen and oxygen atoms in total. The largest absolute Gasteiger partial charge is 0.332 e. The van der Waals surface area contributed by atoms with Crippen LogP contribution in [0.1, 0.15) is 5.56 Å². The summed E-state index contributed by atoms with van der Waals surface area (Å²) in [5.74, 6) is 0. The Bertz CT molecular complexity index is 996. The van der Waals surface area contributed by atoms with Crippen molar-refractivity contribution >= 4 is 0 Å². The van der Waals surface area contributed by atoms with Gasteiger partial charge in [0.1, 0.15) is 0 Å². The molecule has 2 aromatic carbocycles. The molecule has 2 heterocycles. The number of H-pyrrole nitrogens is 1. The maximum atomic E-state index is 12.6. The first-order chi connectivity index (χ1) is 12.3. The number of hydrogen-bond donors (Lipinski definition) is 1. The molecule has 0 aliphatic rings. The standard InChI is InChI=1S/C20H18N4O/c25-20-23(11-10-16-4-2-1-3-5-16)12-13-24(20)19-8-6-17(7-9-19)18-14-21-22-15-18/h1-9,12-15H,10-11H2,(H,21,22). The minimum absolute atomic E-state index is 0.0213. The van der Waals surface area contributed by atoms with Crippen LogP contribution in [0.5, 0.6) is 0 Å². The van der Waals surface area contributed by atoms with Crippen LogP contribution in [0.4, 0.5) is 0 Å². The van der Waals surface area contributed by atoms with Gasteiger partial charge in [0.05, 0.1) is 11.9 Å². The molecular formula is C20H18N4O. The molecule has 124 valence electrons. The number of imidazole rings is 1. The van der Waals surface area contributed by atoms with E-state index in [-0.39, 0.29) is 5.69 Å². The molecule has 5 heteroatoms. The molecule has 0 aliphatic heterocycles. The Hall–Kier alpha value is -3.34. The second kappa shape index (κ2) is 6.65. The normalized spacial score (nSPS) is 10.9. The van der Waals surface area contributed by atoms with Crippen molar-refractivity contribution in [2.45, 2.75) is 13.0 Å². The van der Waals surface area contributed by atoms with E-state index in [1.165, 1.54) is 5.56 Å². The van der Waals surface area contributed by atoms with Gasteiger partial charge in [-0.15, -0.1) is 0 Å². The third kappa shape index (κ3) is 3.17. The van der Waals surface area contributed by atoms with E-state index >= 15 is 0 Å². The Morgan fingerprint density at radius 2 is 1.72 bits per heavy atom. The average Bonchev–Trinajstić information content (AvgIpc) is 3.31. The van der Waals surface area contributed by atoms with Crippen LogP contribution in [0.25, 0.3) is 16.8 Å². The Balaban J connectivity index is 1.53. The van der Waals surface area contributed by atoms with Crippen molar-refractivity contribution in [3.8, 4) is 16.8 Å². The zero-order valence-corrected chi connectivity index (χ0v) is 13.7. The number of aromatic amines is 1. The van der Waals surface area contributed by atoms with Crippen LogP contribution in [0.15, 0.2) is 84.2 Å². The highest BCUT2D eigenvalue weighted by atomic mass is 16.1. The van der Waals surface area contributed by atoms with Crippen LogP contribution in [-0.2, 0) is 13.0 Å². The van der Waals surface area contributed by atoms with Crippen molar-refractivity contribution in [2.24, 2.45) is 0 Å². The molecule has 0 unspecified atom stereocenters. The first-order valence-corrected chi connectivity index (χ1v) is 8.22. The Morgan fingerprint density at radius 3 is 2.44 bits per heavy atom. The second-order valence-corrected chi connectivity index (χ2v) is 5.91. The molecule has 4 rings (SSSR count). The zero-order chi connectivity index (χ0) is 17.1. The van der Waals surface area contributed by atoms with E-state index in [1.807, 2.05) is 61.1 Å². The van der Waals surface area contributed by atoms with Crippen molar-refractivity contribution in [2.75, 3.05) is 0 Å². The molecule has 25 heavy (non-hydrogen) atoms. The second-order valence-electron chi connectivity index (χ2n) is 5.91. The van der Waals surface area contributed by atoms with Crippen molar-refractivity contribution in [3.63, 3.8) is 0 Å². The summed E-state index contributed by atoms with van der Waals surface area (Å²) < 4.78 is 3.42. The summed E-state index contributed by atoms with van der Waals surface area (Å²) in [6, 6.07) is 18.1. The molecule has 4 aromatic rings. The van der Waals surface area contributed by atoms with E-state index in [2.05, 4.69) is 22.3 Å². The quantitative estimate of drug-likeness (QED) is 0.610. The highest BCUT2D eigenvalue weighted by Crippen LogP contribution is 2.19. The van der Waals surface area contributed by atoms with E-state index in [9.17, 15) is 4.79 Å². The molecule has 1 N–H and O–H groups in total. The molecule has 0 amide bonds. The molecule has 0 aliphatic carbocycles. The van der Waals surface area contributed by atoms with Gasteiger partial charge in [-0.05, 0) is 29.7 Å². The molecule has 0 fully saturated rings. The van der Waals surface area contributed by atoms with Gasteiger partial charge in [0.25, 0.3) is 0 Å². The number of rotatable bonds is 5. The third-order valence-electron chi connectivity index (χ3n) is 4.31. The first-order valence-electron chi connectivity index (χ1n) is 8.22. The highest BCUT2D eigenvalue weighted by molar-refractivity contribution is 5.62.